The second kappa shape index (κ2) is 7.92. The summed E-state index contributed by atoms with van der Waals surface area (Å²) in [6.07, 6.45) is 6.53. The smallest absolute Gasteiger partial charge is 0.0538 e. The fraction of sp³-hybridized carbons (Fsp3) is 0.812. The molecule has 5 heteroatoms. The Morgan fingerprint density at radius 3 is 2.76 bits per heavy atom. The highest BCUT2D eigenvalue weighted by atomic mass is 15.3. The van der Waals surface area contributed by atoms with Gasteiger partial charge in [0.2, 0.25) is 0 Å². The third kappa shape index (κ3) is 3.84. The first-order chi connectivity index (χ1) is 10.2. The predicted molar refractivity (Wildman–Crippen MR) is 87.2 cm³/mol. The zero-order valence-corrected chi connectivity index (χ0v) is 13.8. The van der Waals surface area contributed by atoms with Crippen LogP contribution in [0.4, 0.5) is 0 Å². The third-order valence-corrected chi connectivity index (χ3v) is 4.68. The number of likely N-dealkylation sites (N-methyl/N-ethyl adjacent to an activating group) is 1. The van der Waals surface area contributed by atoms with E-state index in [9.17, 15) is 0 Å². The molecule has 1 aliphatic heterocycles. The van der Waals surface area contributed by atoms with Crippen molar-refractivity contribution >= 4 is 0 Å². The van der Waals surface area contributed by atoms with Crippen molar-refractivity contribution in [2.45, 2.75) is 52.2 Å². The molecule has 0 saturated carbocycles. The molecule has 0 amide bonds. The number of aryl methyl sites for hydroxylation is 1. The van der Waals surface area contributed by atoms with Crippen LogP contribution >= 0.6 is 0 Å². The van der Waals surface area contributed by atoms with Gasteiger partial charge in [-0.15, -0.1) is 0 Å². The summed E-state index contributed by atoms with van der Waals surface area (Å²) < 4.78 is 2.04. The largest absolute Gasteiger partial charge is 0.329 e. The fourth-order valence-electron chi connectivity index (χ4n) is 3.49. The third-order valence-electron chi connectivity index (χ3n) is 4.68. The highest BCUT2D eigenvalue weighted by molar-refractivity contribution is 5.12. The molecule has 1 aromatic heterocycles. The molecule has 120 valence electrons. The molecule has 2 unspecified atom stereocenters. The lowest BCUT2D eigenvalue weighted by Crippen LogP contribution is -2.39. The Bertz CT molecular complexity index is 413. The van der Waals surface area contributed by atoms with Gasteiger partial charge in [0.05, 0.1) is 12.2 Å². The van der Waals surface area contributed by atoms with Crippen LogP contribution in [-0.4, -0.2) is 58.3 Å². The van der Waals surface area contributed by atoms with Crippen LogP contribution in [-0.2, 0) is 6.54 Å². The van der Waals surface area contributed by atoms with Crippen LogP contribution in [0.3, 0.4) is 0 Å². The van der Waals surface area contributed by atoms with Gasteiger partial charge in [-0.1, -0.05) is 20.8 Å². The Morgan fingerprint density at radius 1 is 1.38 bits per heavy atom. The molecule has 1 fully saturated rings. The predicted octanol–water partition coefficient (Wildman–Crippen LogP) is 1.71. The van der Waals surface area contributed by atoms with Gasteiger partial charge in [-0.25, -0.2) is 0 Å². The summed E-state index contributed by atoms with van der Waals surface area (Å²) in [6.45, 7) is 12.9. The van der Waals surface area contributed by atoms with Crippen LogP contribution in [0.25, 0.3) is 0 Å². The van der Waals surface area contributed by atoms with Crippen LogP contribution in [0.5, 0.6) is 0 Å². The monoisotopic (exact) mass is 293 g/mol. The Balaban J connectivity index is 2.01. The minimum Gasteiger partial charge on any atom is -0.329 e. The molecule has 2 atom stereocenters. The molecular weight excluding hydrogens is 262 g/mol. The van der Waals surface area contributed by atoms with E-state index in [1.165, 1.54) is 12.0 Å². The van der Waals surface area contributed by atoms with Crippen molar-refractivity contribution in [2.75, 3.05) is 32.7 Å². The summed E-state index contributed by atoms with van der Waals surface area (Å²) in [5.41, 5.74) is 7.33. The Labute approximate surface area is 129 Å². The van der Waals surface area contributed by atoms with E-state index in [0.717, 1.165) is 39.1 Å². The number of hydrogen-bond donors (Lipinski definition) is 1. The van der Waals surface area contributed by atoms with E-state index in [1.807, 2.05) is 10.9 Å². The van der Waals surface area contributed by atoms with Crippen molar-refractivity contribution in [1.29, 1.82) is 0 Å². The molecule has 0 aromatic carbocycles. The molecule has 0 radical (unpaired) electrons. The molecule has 2 rings (SSSR count). The summed E-state index contributed by atoms with van der Waals surface area (Å²) in [6, 6.07) is 0.996. The summed E-state index contributed by atoms with van der Waals surface area (Å²) in [7, 11) is 0. The van der Waals surface area contributed by atoms with E-state index in [2.05, 4.69) is 41.9 Å². The summed E-state index contributed by atoms with van der Waals surface area (Å²) in [4.78, 5) is 5.10. The SMILES string of the molecule is CCCn1cc(C(CN)N2CCC(N(CC)CC)C2)cn1. The van der Waals surface area contributed by atoms with Gasteiger partial charge >= 0.3 is 0 Å². The van der Waals surface area contributed by atoms with Crippen LogP contribution in [0.1, 0.15) is 45.2 Å². The van der Waals surface area contributed by atoms with Crippen LogP contribution in [0, 0.1) is 0 Å². The zero-order chi connectivity index (χ0) is 15.2. The average molecular weight is 293 g/mol. The maximum absolute atomic E-state index is 6.06. The Kier molecular flexibility index (Phi) is 6.21. The summed E-state index contributed by atoms with van der Waals surface area (Å²) >= 11 is 0. The van der Waals surface area contributed by atoms with Crippen molar-refractivity contribution in [2.24, 2.45) is 5.73 Å². The van der Waals surface area contributed by atoms with Gasteiger partial charge in [-0.3, -0.25) is 14.5 Å². The molecule has 1 saturated heterocycles. The van der Waals surface area contributed by atoms with Crippen molar-refractivity contribution in [3.63, 3.8) is 0 Å². The molecule has 0 bridgehead atoms. The average Bonchev–Trinajstić information content (AvgIpc) is 3.13. The molecule has 1 aliphatic rings. The number of rotatable bonds is 8. The summed E-state index contributed by atoms with van der Waals surface area (Å²) in [5, 5.41) is 4.46. The first-order valence-corrected chi connectivity index (χ1v) is 8.43. The van der Waals surface area contributed by atoms with Crippen LogP contribution in [0.15, 0.2) is 12.4 Å². The quantitative estimate of drug-likeness (QED) is 0.793. The number of aromatic nitrogens is 2. The number of hydrogen-bond acceptors (Lipinski definition) is 4. The summed E-state index contributed by atoms with van der Waals surface area (Å²) in [5.74, 6) is 0. The van der Waals surface area contributed by atoms with Gasteiger partial charge in [-0.2, -0.15) is 5.10 Å². The Morgan fingerprint density at radius 2 is 2.14 bits per heavy atom. The number of nitrogens with zero attached hydrogens (tertiary/aromatic N) is 4. The highest BCUT2D eigenvalue weighted by Gasteiger charge is 2.31. The van der Waals surface area contributed by atoms with Crippen LogP contribution in [0.2, 0.25) is 0 Å². The molecule has 5 nitrogen and oxygen atoms in total. The van der Waals surface area contributed by atoms with Crippen LogP contribution < -0.4 is 5.73 Å². The van der Waals surface area contributed by atoms with Crippen molar-refractivity contribution < 1.29 is 0 Å². The van der Waals surface area contributed by atoms with Crippen molar-refractivity contribution in [3.05, 3.63) is 18.0 Å². The molecule has 2 N–H and O–H groups in total. The maximum Gasteiger partial charge on any atom is 0.0538 e. The number of likely N-dealkylation sites (tertiary alicyclic amines) is 1. The fourth-order valence-corrected chi connectivity index (χ4v) is 3.49. The van der Waals surface area contributed by atoms with E-state index in [0.29, 0.717) is 18.6 Å². The molecule has 0 aliphatic carbocycles. The van der Waals surface area contributed by atoms with Gasteiger partial charge in [-0.05, 0) is 25.9 Å². The van der Waals surface area contributed by atoms with Gasteiger partial charge < -0.3 is 5.73 Å². The first-order valence-electron chi connectivity index (χ1n) is 8.43. The minimum absolute atomic E-state index is 0.316. The molecule has 1 aromatic rings. The maximum atomic E-state index is 6.06. The Hall–Kier alpha value is -0.910. The molecule has 21 heavy (non-hydrogen) atoms. The second-order valence-corrected chi connectivity index (χ2v) is 5.95. The van der Waals surface area contributed by atoms with E-state index < -0.39 is 0 Å². The van der Waals surface area contributed by atoms with Gasteiger partial charge in [0, 0.05) is 44.0 Å². The topological polar surface area (TPSA) is 50.3 Å². The standard InChI is InChI=1S/C16H31N5/c1-4-8-21-12-14(11-18-21)16(10-17)20-9-7-15(13-20)19(5-2)6-3/h11-12,15-16H,4-10,13,17H2,1-3H3. The lowest BCUT2D eigenvalue weighted by molar-refractivity contribution is 0.189. The molecule has 0 spiro atoms. The lowest BCUT2D eigenvalue weighted by Gasteiger charge is -2.29. The molecular formula is C16H31N5. The molecule has 2 heterocycles. The van der Waals surface area contributed by atoms with E-state index in [-0.39, 0.29) is 0 Å². The second-order valence-electron chi connectivity index (χ2n) is 5.95. The van der Waals surface area contributed by atoms with Crippen molar-refractivity contribution in [3.8, 4) is 0 Å². The normalized spacial score (nSPS) is 21.3. The highest BCUT2D eigenvalue weighted by Crippen LogP contribution is 2.26. The van der Waals surface area contributed by atoms with E-state index >= 15 is 0 Å². The first kappa shape index (κ1) is 16.5. The minimum atomic E-state index is 0.316. The van der Waals surface area contributed by atoms with E-state index in [1.54, 1.807) is 0 Å². The number of nitrogens with two attached hydrogens (primary N) is 1. The lowest BCUT2D eigenvalue weighted by atomic mass is 10.1. The van der Waals surface area contributed by atoms with Crippen molar-refractivity contribution in [1.82, 2.24) is 19.6 Å². The zero-order valence-electron chi connectivity index (χ0n) is 13.8. The van der Waals surface area contributed by atoms with Gasteiger partial charge in [0.25, 0.3) is 0 Å². The van der Waals surface area contributed by atoms with E-state index in [4.69, 9.17) is 5.73 Å². The van der Waals surface area contributed by atoms with Gasteiger partial charge in [0.15, 0.2) is 0 Å². The van der Waals surface area contributed by atoms with Gasteiger partial charge in [0.1, 0.15) is 0 Å².